The Kier molecular flexibility index (Phi) is 5.98. The molecule has 0 saturated heterocycles. The maximum atomic E-state index is 12.6. The zero-order chi connectivity index (χ0) is 19.2. The third-order valence-electron chi connectivity index (χ3n) is 3.96. The Balaban J connectivity index is 1.61. The van der Waals surface area contributed by atoms with Crippen LogP contribution in [0, 0.1) is 11.3 Å². The number of carbonyl (C=O) groups excluding carboxylic acids is 1. The second-order valence-electron chi connectivity index (χ2n) is 5.74. The summed E-state index contributed by atoms with van der Waals surface area (Å²) in [4.78, 5) is 22.4. The Hall–Kier alpha value is -2.99. The van der Waals surface area contributed by atoms with Gasteiger partial charge in [-0.15, -0.1) is 0 Å². The Bertz CT molecular complexity index is 884. The van der Waals surface area contributed by atoms with E-state index in [1.54, 1.807) is 4.90 Å². The number of hydrogen-bond donors (Lipinski definition) is 1. The number of nitrogen functional groups attached to an aromatic ring is 1. The minimum atomic E-state index is -0.0380. The van der Waals surface area contributed by atoms with Crippen LogP contribution in [0.15, 0.2) is 29.6 Å². The first-order valence-electron chi connectivity index (χ1n) is 8.42. The van der Waals surface area contributed by atoms with E-state index in [0.29, 0.717) is 37.2 Å². The lowest BCUT2D eigenvalue weighted by Crippen LogP contribution is -2.31. The zero-order valence-electron chi connectivity index (χ0n) is 14.8. The van der Waals surface area contributed by atoms with Crippen LogP contribution >= 0.6 is 11.8 Å². The molecule has 1 aromatic heterocycles. The predicted molar refractivity (Wildman–Crippen MR) is 100 cm³/mol. The van der Waals surface area contributed by atoms with E-state index in [1.807, 2.05) is 31.2 Å². The fourth-order valence-electron chi connectivity index (χ4n) is 2.53. The number of aromatic nitrogens is 2. The van der Waals surface area contributed by atoms with Crippen molar-refractivity contribution in [3.05, 3.63) is 35.5 Å². The normalized spacial score (nSPS) is 12.3. The van der Waals surface area contributed by atoms with E-state index >= 15 is 0 Å². The van der Waals surface area contributed by atoms with Crippen molar-refractivity contribution in [1.82, 2.24) is 14.9 Å². The minimum Gasteiger partial charge on any atom is -0.486 e. The summed E-state index contributed by atoms with van der Waals surface area (Å²) in [5, 5.41) is 9.22. The molecule has 0 fully saturated rings. The highest BCUT2D eigenvalue weighted by atomic mass is 32.2. The quantitative estimate of drug-likeness (QED) is 0.592. The van der Waals surface area contributed by atoms with Gasteiger partial charge in [0.25, 0.3) is 0 Å². The van der Waals surface area contributed by atoms with Crippen LogP contribution in [0.2, 0.25) is 0 Å². The number of rotatable bonds is 6. The molecule has 1 aliphatic heterocycles. The van der Waals surface area contributed by atoms with Gasteiger partial charge in [-0.2, -0.15) is 5.26 Å². The summed E-state index contributed by atoms with van der Waals surface area (Å²) in [5.41, 5.74) is 6.87. The lowest BCUT2D eigenvalue weighted by atomic mass is 10.2. The number of carbonyl (C=O) groups is 1. The van der Waals surface area contributed by atoms with Gasteiger partial charge in [0.1, 0.15) is 30.7 Å². The number of nitrogens with two attached hydrogens (primary N) is 1. The molecular formula is C18H19N5O3S. The van der Waals surface area contributed by atoms with Gasteiger partial charge in [0.2, 0.25) is 5.91 Å². The largest absolute Gasteiger partial charge is 0.486 e. The van der Waals surface area contributed by atoms with Gasteiger partial charge < -0.3 is 20.1 Å². The van der Waals surface area contributed by atoms with Gasteiger partial charge in [0, 0.05) is 13.1 Å². The Morgan fingerprint density at radius 3 is 2.85 bits per heavy atom. The van der Waals surface area contributed by atoms with Crippen LogP contribution in [0.4, 0.5) is 5.82 Å². The van der Waals surface area contributed by atoms with Gasteiger partial charge in [-0.05, 0) is 24.6 Å². The monoisotopic (exact) mass is 385 g/mol. The Morgan fingerprint density at radius 1 is 1.37 bits per heavy atom. The molecule has 8 nitrogen and oxygen atoms in total. The zero-order valence-corrected chi connectivity index (χ0v) is 15.7. The molecule has 140 valence electrons. The average Bonchev–Trinajstić information content (AvgIpc) is 2.70. The number of ether oxygens (including phenoxy) is 2. The standard InChI is InChI=1S/C18H19N5O3S/c1-2-23(10-12-3-4-14-15(7-12)26-6-5-25-14)16(24)11-27-18-21-9-13(8-19)17(20)22-18/h3-4,7,9H,2,5-6,10-11H2,1H3,(H2,20,21,22). The fourth-order valence-corrected chi connectivity index (χ4v) is 3.26. The van der Waals surface area contributed by atoms with Crippen LogP contribution in [0.5, 0.6) is 11.5 Å². The van der Waals surface area contributed by atoms with E-state index in [0.717, 1.165) is 11.3 Å². The van der Waals surface area contributed by atoms with Crippen molar-refractivity contribution in [3.63, 3.8) is 0 Å². The van der Waals surface area contributed by atoms with Crippen LogP contribution in [-0.4, -0.2) is 46.3 Å². The summed E-state index contributed by atoms with van der Waals surface area (Å²) in [5.74, 6) is 1.70. The number of nitriles is 1. The van der Waals surface area contributed by atoms with Crippen molar-refractivity contribution >= 4 is 23.5 Å². The number of benzene rings is 1. The summed E-state index contributed by atoms with van der Waals surface area (Å²) < 4.78 is 11.1. The molecule has 0 bridgehead atoms. The molecule has 0 unspecified atom stereocenters. The van der Waals surface area contributed by atoms with Crippen LogP contribution in [-0.2, 0) is 11.3 Å². The van der Waals surface area contributed by atoms with Crippen molar-refractivity contribution in [2.75, 3.05) is 31.2 Å². The van der Waals surface area contributed by atoms with E-state index in [4.69, 9.17) is 20.5 Å². The number of hydrogen-bond acceptors (Lipinski definition) is 8. The van der Waals surface area contributed by atoms with E-state index in [1.165, 1.54) is 18.0 Å². The van der Waals surface area contributed by atoms with Gasteiger partial charge in [0.15, 0.2) is 16.7 Å². The highest BCUT2D eigenvalue weighted by Gasteiger charge is 2.17. The van der Waals surface area contributed by atoms with Crippen LogP contribution in [0.25, 0.3) is 0 Å². The van der Waals surface area contributed by atoms with Crippen LogP contribution in [0.1, 0.15) is 18.1 Å². The first kappa shape index (κ1) is 18.8. The second kappa shape index (κ2) is 8.60. The lowest BCUT2D eigenvalue weighted by Gasteiger charge is -2.23. The molecule has 2 aromatic rings. The molecule has 1 amide bonds. The summed E-state index contributed by atoms with van der Waals surface area (Å²) in [6.07, 6.45) is 1.36. The summed E-state index contributed by atoms with van der Waals surface area (Å²) in [6.45, 7) is 4.05. The maximum Gasteiger partial charge on any atom is 0.233 e. The molecule has 0 aliphatic carbocycles. The van der Waals surface area contributed by atoms with Gasteiger partial charge in [0.05, 0.1) is 11.9 Å². The van der Waals surface area contributed by atoms with Crippen molar-refractivity contribution < 1.29 is 14.3 Å². The molecule has 0 saturated carbocycles. The third kappa shape index (κ3) is 4.60. The molecule has 1 aromatic carbocycles. The fraction of sp³-hybridized carbons (Fsp3) is 0.333. The molecule has 0 atom stereocenters. The summed E-state index contributed by atoms with van der Waals surface area (Å²) >= 11 is 1.19. The van der Waals surface area contributed by atoms with Gasteiger partial charge in [-0.25, -0.2) is 9.97 Å². The third-order valence-corrected chi connectivity index (χ3v) is 4.80. The van der Waals surface area contributed by atoms with Crippen molar-refractivity contribution in [2.24, 2.45) is 0 Å². The Morgan fingerprint density at radius 2 is 2.15 bits per heavy atom. The van der Waals surface area contributed by atoms with E-state index in [-0.39, 0.29) is 23.0 Å². The molecule has 0 spiro atoms. The molecular weight excluding hydrogens is 366 g/mol. The van der Waals surface area contributed by atoms with Gasteiger partial charge in [-0.1, -0.05) is 17.8 Å². The Labute approximate surface area is 161 Å². The van der Waals surface area contributed by atoms with E-state index < -0.39 is 0 Å². The summed E-state index contributed by atoms with van der Waals surface area (Å²) in [7, 11) is 0. The number of thioether (sulfide) groups is 1. The van der Waals surface area contributed by atoms with Gasteiger partial charge in [-0.3, -0.25) is 4.79 Å². The predicted octanol–water partition coefficient (Wildman–Crippen LogP) is 1.84. The SMILES string of the molecule is CCN(Cc1ccc2c(c1)OCCO2)C(=O)CSc1ncc(C#N)c(N)n1. The highest BCUT2D eigenvalue weighted by molar-refractivity contribution is 7.99. The molecule has 9 heteroatoms. The van der Waals surface area contributed by atoms with Crippen LogP contribution in [0.3, 0.4) is 0 Å². The molecule has 1 aliphatic rings. The molecule has 2 heterocycles. The van der Waals surface area contributed by atoms with Crippen molar-refractivity contribution in [2.45, 2.75) is 18.6 Å². The minimum absolute atomic E-state index is 0.0380. The topological polar surface area (TPSA) is 114 Å². The van der Waals surface area contributed by atoms with E-state index in [2.05, 4.69) is 9.97 Å². The number of nitrogens with zero attached hydrogens (tertiary/aromatic N) is 4. The smallest absolute Gasteiger partial charge is 0.233 e. The molecule has 27 heavy (non-hydrogen) atoms. The maximum absolute atomic E-state index is 12.6. The summed E-state index contributed by atoms with van der Waals surface area (Å²) in [6, 6.07) is 7.61. The van der Waals surface area contributed by atoms with Crippen LogP contribution < -0.4 is 15.2 Å². The van der Waals surface area contributed by atoms with Gasteiger partial charge >= 0.3 is 0 Å². The average molecular weight is 385 g/mol. The second-order valence-corrected chi connectivity index (χ2v) is 6.68. The number of anilines is 1. The van der Waals surface area contributed by atoms with Crippen molar-refractivity contribution in [1.29, 1.82) is 5.26 Å². The number of amides is 1. The lowest BCUT2D eigenvalue weighted by molar-refractivity contribution is -0.128. The first-order chi connectivity index (χ1) is 13.1. The molecule has 2 N–H and O–H groups in total. The highest BCUT2D eigenvalue weighted by Crippen LogP contribution is 2.31. The first-order valence-corrected chi connectivity index (χ1v) is 9.41. The van der Waals surface area contributed by atoms with E-state index in [9.17, 15) is 4.79 Å². The van der Waals surface area contributed by atoms with Crippen molar-refractivity contribution in [3.8, 4) is 17.6 Å². The molecule has 3 rings (SSSR count). The molecule has 0 radical (unpaired) electrons. The number of fused-ring (bicyclic) bond motifs is 1.